The van der Waals surface area contributed by atoms with E-state index in [1.54, 1.807) is 12.1 Å². The number of phenolic OH excluding ortho intramolecular Hbond substituents is 1. The molecule has 1 fully saturated rings. The van der Waals surface area contributed by atoms with Gasteiger partial charge in [0, 0.05) is 24.7 Å². The van der Waals surface area contributed by atoms with Crippen LogP contribution in [-0.2, 0) is 16.0 Å². The number of nitrogens with one attached hydrogen (secondary N) is 1. The van der Waals surface area contributed by atoms with E-state index in [2.05, 4.69) is 17.3 Å². The number of imide groups is 1. The van der Waals surface area contributed by atoms with Crippen LogP contribution in [0.15, 0.2) is 52.5 Å². The molecule has 1 aliphatic rings. The molecule has 1 aliphatic heterocycles. The fraction of sp³-hybridized carbons (Fsp3) is 0.217. The number of anilines is 1. The maximum atomic E-state index is 12.6. The maximum Gasteiger partial charge on any atom is 0.293 e. The number of aryl methyl sites for hydroxylation is 1. The topological polar surface area (TPSA) is 151 Å². The van der Waals surface area contributed by atoms with Crippen molar-refractivity contribution in [3.8, 4) is 5.75 Å². The molecule has 0 aromatic heterocycles. The first kappa shape index (κ1) is 23.9. The zero-order valence-corrected chi connectivity index (χ0v) is 18.9. The van der Waals surface area contributed by atoms with Crippen LogP contribution in [-0.4, -0.2) is 39.4 Å². The van der Waals surface area contributed by atoms with E-state index in [9.17, 15) is 19.5 Å². The number of phenols is 1. The molecule has 1 saturated heterocycles. The van der Waals surface area contributed by atoms with Gasteiger partial charge in [-0.3, -0.25) is 19.3 Å². The molecule has 2 aromatic carbocycles. The van der Waals surface area contributed by atoms with Crippen molar-refractivity contribution in [2.24, 2.45) is 16.7 Å². The van der Waals surface area contributed by atoms with Crippen molar-refractivity contribution < 1.29 is 19.5 Å². The van der Waals surface area contributed by atoms with E-state index in [-0.39, 0.29) is 47.2 Å². The lowest BCUT2D eigenvalue weighted by atomic mass is 10.1. The molecule has 172 valence electrons. The molecule has 0 aliphatic carbocycles. The van der Waals surface area contributed by atoms with Gasteiger partial charge in [0.2, 0.25) is 5.91 Å². The third kappa shape index (κ3) is 5.92. The smallest absolute Gasteiger partial charge is 0.293 e. The van der Waals surface area contributed by atoms with E-state index >= 15 is 0 Å². The van der Waals surface area contributed by atoms with E-state index < -0.39 is 0 Å². The summed E-state index contributed by atoms with van der Waals surface area (Å²) in [6.45, 7) is 2.20. The van der Waals surface area contributed by atoms with Crippen LogP contribution in [0.4, 0.5) is 10.5 Å². The number of carbonyl (C=O) groups is 3. The number of aromatic hydroxyl groups is 1. The second-order valence-corrected chi connectivity index (χ2v) is 8.32. The van der Waals surface area contributed by atoms with Gasteiger partial charge in [-0.25, -0.2) is 0 Å². The van der Waals surface area contributed by atoms with Crippen LogP contribution < -0.4 is 16.9 Å². The Morgan fingerprint density at radius 1 is 1.21 bits per heavy atom. The van der Waals surface area contributed by atoms with Crippen LogP contribution in [0.3, 0.4) is 0 Å². The van der Waals surface area contributed by atoms with Crippen LogP contribution in [0.5, 0.6) is 5.75 Å². The monoisotopic (exact) mass is 467 g/mol. The Balaban J connectivity index is 1.53. The second kappa shape index (κ2) is 10.7. The number of nitrogens with zero attached hydrogens (tertiary/aromatic N) is 2. The van der Waals surface area contributed by atoms with Crippen molar-refractivity contribution in [1.29, 1.82) is 0 Å². The molecule has 1 heterocycles. The fourth-order valence-electron chi connectivity index (χ4n) is 3.21. The average Bonchev–Trinajstić information content (AvgIpc) is 3.06. The van der Waals surface area contributed by atoms with Gasteiger partial charge in [-0.15, -0.1) is 0 Å². The largest absolute Gasteiger partial charge is 0.507 e. The molecule has 0 spiro atoms. The highest BCUT2D eigenvalue weighted by Gasteiger charge is 2.34. The van der Waals surface area contributed by atoms with Gasteiger partial charge < -0.3 is 22.0 Å². The molecule has 0 saturated carbocycles. The van der Waals surface area contributed by atoms with Gasteiger partial charge in [0.25, 0.3) is 11.1 Å². The molecule has 3 rings (SSSR count). The molecule has 33 heavy (non-hydrogen) atoms. The number of rotatable bonds is 8. The van der Waals surface area contributed by atoms with Crippen molar-refractivity contribution in [2.45, 2.75) is 26.2 Å². The number of carbonyl (C=O) groups excluding carboxylic acids is 3. The van der Waals surface area contributed by atoms with Crippen LogP contribution in [0.1, 0.15) is 36.5 Å². The van der Waals surface area contributed by atoms with E-state index in [1.807, 2.05) is 24.3 Å². The average molecular weight is 468 g/mol. The summed E-state index contributed by atoms with van der Waals surface area (Å²) >= 11 is 0.897. The molecular weight excluding hydrogens is 442 g/mol. The van der Waals surface area contributed by atoms with Gasteiger partial charge in [0.15, 0.2) is 5.84 Å². The highest BCUT2D eigenvalue weighted by molar-refractivity contribution is 8.18. The first-order valence-corrected chi connectivity index (χ1v) is 11.1. The molecule has 0 atom stereocenters. The lowest BCUT2D eigenvalue weighted by molar-refractivity contribution is -0.123. The Bertz CT molecular complexity index is 1130. The number of amides is 3. The summed E-state index contributed by atoms with van der Waals surface area (Å²) in [5.41, 5.74) is 8.24. The first-order valence-electron chi connectivity index (χ1n) is 10.3. The number of nitrogens with two attached hydrogens (primary N) is 2. The van der Waals surface area contributed by atoms with Gasteiger partial charge in [0.05, 0.1) is 10.5 Å². The third-order valence-corrected chi connectivity index (χ3v) is 5.95. The quantitative estimate of drug-likeness (QED) is 0.153. The zero-order valence-electron chi connectivity index (χ0n) is 18.1. The van der Waals surface area contributed by atoms with Crippen LogP contribution >= 0.6 is 11.8 Å². The van der Waals surface area contributed by atoms with E-state index in [1.165, 1.54) is 17.7 Å². The lowest BCUT2D eigenvalue weighted by Crippen LogP contribution is -2.29. The fourth-order valence-corrected chi connectivity index (χ4v) is 4.08. The Hall–Kier alpha value is -3.79. The van der Waals surface area contributed by atoms with Crippen LogP contribution in [0.2, 0.25) is 0 Å². The Morgan fingerprint density at radius 2 is 1.94 bits per heavy atom. The summed E-state index contributed by atoms with van der Waals surface area (Å²) in [4.78, 5) is 38.6. The standard InChI is InChI=1S/C23H25N5O4S/c1-2-14-5-7-15(8-6-14)12-19-22(31)28(23(32)33-19)11-3-4-20(30)26-16-9-10-17(18(29)13-16)21(24)27-25/h5-10,12-13,29H,2-4,11,25H2,1H3,(H2,24,27)(H,26,30)/b19-12-. The molecule has 9 nitrogen and oxygen atoms in total. The Kier molecular flexibility index (Phi) is 7.73. The highest BCUT2D eigenvalue weighted by atomic mass is 32.2. The molecular formula is C23H25N5O4S. The summed E-state index contributed by atoms with van der Waals surface area (Å²) in [5.74, 6) is 4.22. The highest BCUT2D eigenvalue weighted by Crippen LogP contribution is 2.32. The molecule has 2 aromatic rings. The maximum absolute atomic E-state index is 12.6. The summed E-state index contributed by atoms with van der Waals surface area (Å²) in [5, 5.41) is 15.6. The Morgan fingerprint density at radius 3 is 2.58 bits per heavy atom. The van der Waals surface area contributed by atoms with Crippen molar-refractivity contribution >= 4 is 46.4 Å². The third-order valence-electron chi connectivity index (χ3n) is 5.04. The van der Waals surface area contributed by atoms with Crippen molar-refractivity contribution in [3.63, 3.8) is 0 Å². The SMILES string of the molecule is CCc1ccc(/C=C2\SC(=O)N(CCCC(=O)Nc3ccc(/C(N)=N/N)c(O)c3)C2=O)cc1. The van der Waals surface area contributed by atoms with E-state index in [0.29, 0.717) is 17.0 Å². The predicted molar refractivity (Wildman–Crippen MR) is 129 cm³/mol. The van der Waals surface area contributed by atoms with E-state index in [0.717, 1.165) is 28.6 Å². The number of amidine groups is 1. The van der Waals surface area contributed by atoms with Crippen molar-refractivity contribution in [2.75, 3.05) is 11.9 Å². The normalized spacial score (nSPS) is 15.4. The molecule has 10 heteroatoms. The number of hydrogen-bond donors (Lipinski definition) is 4. The zero-order chi connectivity index (χ0) is 24.0. The Labute approximate surface area is 195 Å². The second-order valence-electron chi connectivity index (χ2n) is 7.33. The molecule has 0 unspecified atom stereocenters. The van der Waals surface area contributed by atoms with Gasteiger partial charge in [0.1, 0.15) is 5.75 Å². The molecule has 3 amide bonds. The van der Waals surface area contributed by atoms with Gasteiger partial charge in [-0.1, -0.05) is 31.2 Å². The van der Waals surface area contributed by atoms with Gasteiger partial charge in [-0.2, -0.15) is 5.10 Å². The minimum absolute atomic E-state index is 0.0328. The van der Waals surface area contributed by atoms with Gasteiger partial charge >= 0.3 is 0 Å². The predicted octanol–water partition coefficient (Wildman–Crippen LogP) is 2.99. The minimum Gasteiger partial charge on any atom is -0.507 e. The number of hydrogen-bond acceptors (Lipinski definition) is 7. The number of benzene rings is 2. The lowest BCUT2D eigenvalue weighted by Gasteiger charge is -2.12. The van der Waals surface area contributed by atoms with Crippen LogP contribution in [0, 0.1) is 0 Å². The summed E-state index contributed by atoms with van der Waals surface area (Å²) in [7, 11) is 0. The first-order chi connectivity index (χ1) is 15.8. The molecule has 0 bridgehead atoms. The minimum atomic E-state index is -0.357. The molecule has 6 N–H and O–H groups in total. The number of thioether (sulfide) groups is 1. The van der Waals surface area contributed by atoms with Crippen LogP contribution in [0.25, 0.3) is 6.08 Å². The summed E-state index contributed by atoms with van der Waals surface area (Å²) in [6, 6.07) is 12.2. The summed E-state index contributed by atoms with van der Waals surface area (Å²) < 4.78 is 0. The molecule has 0 radical (unpaired) electrons. The van der Waals surface area contributed by atoms with Crippen molar-refractivity contribution in [3.05, 3.63) is 64.1 Å². The number of hydrazone groups is 1. The van der Waals surface area contributed by atoms with Gasteiger partial charge in [-0.05, 0) is 53.9 Å². The summed E-state index contributed by atoms with van der Waals surface area (Å²) in [6.07, 6.45) is 3.03. The van der Waals surface area contributed by atoms with Crippen molar-refractivity contribution in [1.82, 2.24) is 4.90 Å². The van der Waals surface area contributed by atoms with E-state index in [4.69, 9.17) is 11.6 Å².